The van der Waals surface area contributed by atoms with Crippen LogP contribution in [0.1, 0.15) is 45.2 Å². The van der Waals surface area contributed by atoms with E-state index in [1.54, 1.807) is 29.2 Å². The minimum absolute atomic E-state index is 0.0648. The zero-order valence-electron chi connectivity index (χ0n) is 23.8. The van der Waals surface area contributed by atoms with Gasteiger partial charge in [0.15, 0.2) is 0 Å². The number of carboxylic acid groups (broad SMARTS) is 1. The second-order valence-electron chi connectivity index (χ2n) is 9.85. The number of carbonyl (C=O) groups excluding carboxylic acids is 2. The lowest BCUT2D eigenvalue weighted by Gasteiger charge is -2.24. The zero-order valence-corrected chi connectivity index (χ0v) is 23.8. The molecule has 0 aromatic heterocycles. The Balaban J connectivity index is 1.56. The lowest BCUT2D eigenvalue weighted by atomic mass is 9.94. The van der Waals surface area contributed by atoms with E-state index in [1.807, 2.05) is 85.8 Å². The summed E-state index contributed by atoms with van der Waals surface area (Å²) in [7, 11) is 0. The fraction of sp³-hybridized carbons (Fsp3) is 0.229. The van der Waals surface area contributed by atoms with Gasteiger partial charge in [-0.2, -0.15) is 0 Å². The third-order valence-corrected chi connectivity index (χ3v) is 6.92. The number of benzene rings is 4. The van der Waals surface area contributed by atoms with Crippen LogP contribution in [0.2, 0.25) is 0 Å². The van der Waals surface area contributed by atoms with Gasteiger partial charge in [0.05, 0.1) is 13.0 Å². The van der Waals surface area contributed by atoms with Gasteiger partial charge in [0, 0.05) is 30.8 Å². The number of aliphatic carboxylic acids is 1. The predicted molar refractivity (Wildman–Crippen MR) is 164 cm³/mol. The summed E-state index contributed by atoms with van der Waals surface area (Å²) < 4.78 is 5.60. The molecule has 4 aromatic carbocycles. The molecular weight excluding hydrogens is 528 g/mol. The zero-order chi connectivity index (χ0) is 29.7. The summed E-state index contributed by atoms with van der Waals surface area (Å²) in [5.41, 5.74) is 4.26. The van der Waals surface area contributed by atoms with Crippen LogP contribution in [0.5, 0.6) is 5.75 Å². The number of amides is 2. The average molecular weight is 565 g/mol. The first kappa shape index (κ1) is 30.1. The lowest BCUT2D eigenvalue weighted by Crippen LogP contribution is -2.35. The highest BCUT2D eigenvalue weighted by Crippen LogP contribution is 2.28. The Morgan fingerprint density at radius 3 is 2.10 bits per heavy atom. The van der Waals surface area contributed by atoms with Gasteiger partial charge in [-0.3, -0.25) is 14.4 Å². The van der Waals surface area contributed by atoms with Gasteiger partial charge in [-0.15, -0.1) is 0 Å². The van der Waals surface area contributed by atoms with Crippen molar-refractivity contribution in [1.82, 2.24) is 10.2 Å². The lowest BCUT2D eigenvalue weighted by molar-refractivity contribution is -0.137. The Morgan fingerprint density at radius 1 is 0.738 bits per heavy atom. The maximum atomic E-state index is 14.0. The summed E-state index contributed by atoms with van der Waals surface area (Å²) in [6, 6.07) is 32.0. The van der Waals surface area contributed by atoms with E-state index in [-0.39, 0.29) is 24.8 Å². The van der Waals surface area contributed by atoms with Gasteiger partial charge in [0.2, 0.25) is 0 Å². The summed E-state index contributed by atoms with van der Waals surface area (Å²) in [5.74, 6) is -0.729. The highest BCUT2D eigenvalue weighted by molar-refractivity contribution is 6.06. The molecule has 0 aliphatic carbocycles. The number of hydrogen-bond donors (Lipinski definition) is 2. The molecule has 0 aliphatic rings. The molecule has 0 saturated carbocycles. The summed E-state index contributed by atoms with van der Waals surface area (Å²) in [4.78, 5) is 40.2. The Hall–Kier alpha value is -4.91. The molecule has 0 unspecified atom stereocenters. The van der Waals surface area contributed by atoms with Crippen molar-refractivity contribution in [3.8, 4) is 16.9 Å². The van der Waals surface area contributed by atoms with E-state index in [4.69, 9.17) is 4.74 Å². The molecule has 0 aliphatic heterocycles. The Bertz CT molecular complexity index is 1500. The SMILES string of the molecule is CCOc1cccc(CCN(CCC(=O)O)C(=O)c2ccccc2-c2ccccc2C(=O)NCCc2ccccc2)c1. The predicted octanol–water partition coefficient (Wildman–Crippen LogP) is 5.88. The molecule has 2 amide bonds. The Labute approximate surface area is 246 Å². The minimum atomic E-state index is -0.975. The van der Waals surface area contributed by atoms with Gasteiger partial charge in [0.25, 0.3) is 11.8 Å². The molecule has 0 spiro atoms. The molecule has 7 nitrogen and oxygen atoms in total. The molecule has 42 heavy (non-hydrogen) atoms. The Morgan fingerprint density at radius 2 is 1.38 bits per heavy atom. The molecule has 0 saturated heterocycles. The Kier molecular flexibility index (Phi) is 10.9. The highest BCUT2D eigenvalue weighted by Gasteiger charge is 2.22. The van der Waals surface area contributed by atoms with Gasteiger partial charge in [-0.1, -0.05) is 78.9 Å². The molecule has 7 heteroatoms. The molecule has 0 fully saturated rings. The highest BCUT2D eigenvalue weighted by atomic mass is 16.5. The van der Waals surface area contributed by atoms with Gasteiger partial charge in [-0.05, 0) is 66.3 Å². The topological polar surface area (TPSA) is 95.9 Å². The van der Waals surface area contributed by atoms with E-state index in [9.17, 15) is 19.5 Å². The standard InChI is InChI=1S/C35H36N2O5/c1-2-42-28-14-10-13-27(25-28)20-23-37(24-21-33(38)39)35(41)32-18-9-7-16-30(32)29-15-6-8-17-31(29)34(40)36-22-19-26-11-4-3-5-12-26/h3-18,25H,2,19-24H2,1H3,(H,36,40)(H,38,39). The van der Waals surface area contributed by atoms with Crippen molar-refractivity contribution in [3.05, 3.63) is 125 Å². The third kappa shape index (κ3) is 8.30. The molecule has 0 atom stereocenters. The number of carboxylic acids is 1. The number of hydrogen-bond acceptors (Lipinski definition) is 4. The minimum Gasteiger partial charge on any atom is -0.494 e. The maximum Gasteiger partial charge on any atom is 0.305 e. The second kappa shape index (κ2) is 15.2. The molecule has 4 rings (SSSR count). The molecular formula is C35H36N2O5. The van der Waals surface area contributed by atoms with Crippen LogP contribution in [0.25, 0.3) is 11.1 Å². The normalized spacial score (nSPS) is 10.6. The van der Waals surface area contributed by atoms with Gasteiger partial charge >= 0.3 is 5.97 Å². The fourth-order valence-corrected chi connectivity index (χ4v) is 4.82. The van der Waals surface area contributed by atoms with Crippen LogP contribution in [-0.4, -0.2) is 54.0 Å². The summed E-state index contributed by atoms with van der Waals surface area (Å²) in [6.45, 7) is 3.34. The monoisotopic (exact) mass is 564 g/mol. The van der Waals surface area contributed by atoms with Crippen LogP contribution in [0, 0.1) is 0 Å². The number of carbonyl (C=O) groups is 3. The van der Waals surface area contributed by atoms with Crippen LogP contribution >= 0.6 is 0 Å². The van der Waals surface area contributed by atoms with Gasteiger partial charge < -0.3 is 20.1 Å². The first-order valence-electron chi connectivity index (χ1n) is 14.2. The molecule has 0 bridgehead atoms. The average Bonchev–Trinajstić information content (AvgIpc) is 3.01. The molecule has 4 aromatic rings. The number of nitrogens with zero attached hydrogens (tertiary/aromatic N) is 1. The largest absolute Gasteiger partial charge is 0.494 e. The summed E-state index contributed by atoms with van der Waals surface area (Å²) in [6.07, 6.45) is 1.07. The van der Waals surface area contributed by atoms with Crippen molar-refractivity contribution in [2.24, 2.45) is 0 Å². The summed E-state index contributed by atoms with van der Waals surface area (Å²) >= 11 is 0. The smallest absolute Gasteiger partial charge is 0.305 e. The molecule has 0 radical (unpaired) electrons. The van der Waals surface area contributed by atoms with Crippen LogP contribution in [0.15, 0.2) is 103 Å². The molecule has 2 N–H and O–H groups in total. The quantitative estimate of drug-likeness (QED) is 0.199. The van der Waals surface area contributed by atoms with Crippen molar-refractivity contribution in [3.63, 3.8) is 0 Å². The third-order valence-electron chi connectivity index (χ3n) is 6.92. The van der Waals surface area contributed by atoms with Crippen LogP contribution in [0.3, 0.4) is 0 Å². The van der Waals surface area contributed by atoms with E-state index in [0.717, 1.165) is 16.9 Å². The molecule has 0 heterocycles. The summed E-state index contributed by atoms with van der Waals surface area (Å²) in [5, 5.41) is 12.4. The fourth-order valence-electron chi connectivity index (χ4n) is 4.82. The number of ether oxygens (including phenoxy) is 1. The second-order valence-corrected chi connectivity index (χ2v) is 9.85. The van der Waals surface area contributed by atoms with E-state index < -0.39 is 5.97 Å². The van der Waals surface area contributed by atoms with E-state index in [1.165, 1.54) is 0 Å². The first-order chi connectivity index (χ1) is 20.5. The van der Waals surface area contributed by atoms with Crippen LogP contribution < -0.4 is 10.1 Å². The van der Waals surface area contributed by atoms with Gasteiger partial charge in [0.1, 0.15) is 5.75 Å². The van der Waals surface area contributed by atoms with Crippen molar-refractivity contribution in [1.29, 1.82) is 0 Å². The molecule has 216 valence electrons. The van der Waals surface area contributed by atoms with Gasteiger partial charge in [-0.25, -0.2) is 0 Å². The van der Waals surface area contributed by atoms with Crippen molar-refractivity contribution in [2.45, 2.75) is 26.2 Å². The van der Waals surface area contributed by atoms with E-state index in [0.29, 0.717) is 54.8 Å². The number of nitrogens with one attached hydrogen (secondary N) is 1. The van der Waals surface area contributed by atoms with Crippen molar-refractivity contribution < 1.29 is 24.2 Å². The van der Waals surface area contributed by atoms with Crippen molar-refractivity contribution in [2.75, 3.05) is 26.2 Å². The van der Waals surface area contributed by atoms with E-state index >= 15 is 0 Å². The van der Waals surface area contributed by atoms with Crippen molar-refractivity contribution >= 4 is 17.8 Å². The number of rotatable bonds is 14. The van der Waals surface area contributed by atoms with Crippen LogP contribution in [-0.2, 0) is 17.6 Å². The first-order valence-corrected chi connectivity index (χ1v) is 14.2. The van der Waals surface area contributed by atoms with E-state index in [2.05, 4.69) is 5.32 Å². The maximum absolute atomic E-state index is 14.0. The van der Waals surface area contributed by atoms with Crippen LogP contribution in [0.4, 0.5) is 0 Å².